The van der Waals surface area contributed by atoms with Crippen molar-refractivity contribution in [2.75, 3.05) is 13.1 Å². The van der Waals surface area contributed by atoms with E-state index in [0.717, 1.165) is 18.6 Å². The number of aromatic nitrogens is 4. The van der Waals surface area contributed by atoms with Crippen LogP contribution in [0.4, 0.5) is 0 Å². The lowest BCUT2D eigenvalue weighted by Crippen LogP contribution is -2.26. The third kappa shape index (κ3) is 2.59. The number of benzene rings is 1. The van der Waals surface area contributed by atoms with Gasteiger partial charge in [0.1, 0.15) is 0 Å². The van der Waals surface area contributed by atoms with Crippen LogP contribution >= 0.6 is 12.2 Å². The smallest absolute Gasteiger partial charge is 0.263 e. The van der Waals surface area contributed by atoms with Crippen LogP contribution in [0.25, 0.3) is 16.7 Å². The second-order valence-corrected chi connectivity index (χ2v) is 5.95. The summed E-state index contributed by atoms with van der Waals surface area (Å²) in [6.07, 6.45) is 1.70. The summed E-state index contributed by atoms with van der Waals surface area (Å²) in [5, 5.41) is 5.26. The summed E-state index contributed by atoms with van der Waals surface area (Å²) in [6.45, 7) is 10.8. The second kappa shape index (κ2) is 6.70. The van der Waals surface area contributed by atoms with Gasteiger partial charge in [0.05, 0.1) is 17.6 Å². The van der Waals surface area contributed by atoms with Crippen LogP contribution in [0, 0.1) is 4.77 Å². The molecule has 126 valence electrons. The minimum Gasteiger partial charge on any atom is -0.285 e. The van der Waals surface area contributed by atoms with Gasteiger partial charge < -0.3 is 0 Å². The molecule has 0 aliphatic rings. The molecule has 1 aromatic carbocycles. The Balaban J connectivity index is 2.37. The summed E-state index contributed by atoms with van der Waals surface area (Å²) in [5.41, 5.74) is 0.710. The molecule has 0 atom stereocenters. The van der Waals surface area contributed by atoms with Gasteiger partial charge in [-0.2, -0.15) is 0 Å². The Kier molecular flexibility index (Phi) is 4.64. The van der Waals surface area contributed by atoms with Crippen molar-refractivity contribution < 1.29 is 0 Å². The van der Waals surface area contributed by atoms with Gasteiger partial charge in [-0.1, -0.05) is 32.1 Å². The summed E-state index contributed by atoms with van der Waals surface area (Å²) in [6, 6.07) is 7.49. The van der Waals surface area contributed by atoms with Crippen molar-refractivity contribution >= 4 is 28.9 Å². The molecule has 7 heteroatoms. The van der Waals surface area contributed by atoms with Crippen molar-refractivity contribution in [1.29, 1.82) is 0 Å². The molecule has 2 aromatic heterocycles. The molecule has 0 aliphatic heterocycles. The molecule has 0 fully saturated rings. The highest BCUT2D eigenvalue weighted by atomic mass is 32.1. The maximum Gasteiger partial charge on any atom is 0.263 e. The summed E-state index contributed by atoms with van der Waals surface area (Å²) in [4.78, 5) is 15.0. The number of allylic oxidation sites excluding steroid dienone is 1. The van der Waals surface area contributed by atoms with Crippen LogP contribution in [-0.2, 0) is 13.2 Å². The molecule has 0 N–H and O–H groups in total. The zero-order valence-corrected chi connectivity index (χ0v) is 14.8. The van der Waals surface area contributed by atoms with Gasteiger partial charge in [-0.3, -0.25) is 18.7 Å². The molecule has 0 saturated heterocycles. The molecule has 0 spiro atoms. The maximum absolute atomic E-state index is 12.8. The van der Waals surface area contributed by atoms with Crippen molar-refractivity contribution in [1.82, 2.24) is 23.6 Å². The van der Waals surface area contributed by atoms with Crippen LogP contribution < -0.4 is 5.56 Å². The fourth-order valence-corrected chi connectivity index (χ4v) is 3.14. The van der Waals surface area contributed by atoms with E-state index in [-0.39, 0.29) is 5.56 Å². The molecule has 6 nitrogen and oxygen atoms in total. The number of para-hydroxylation sites is 1. The first-order chi connectivity index (χ1) is 11.6. The third-order valence-corrected chi connectivity index (χ3v) is 4.62. The standard InChI is InChI=1S/C17H21N5OS/c1-4-11-20-15(23)13-9-7-8-10-14(13)22-16(20)18-21(17(22)24)12-19(5-2)6-3/h4,7-10H,1,5-6,11-12H2,2-3H3. The highest BCUT2D eigenvalue weighted by Gasteiger charge is 2.15. The van der Waals surface area contributed by atoms with E-state index < -0.39 is 0 Å². The normalized spacial score (nSPS) is 11.6. The number of nitrogens with zero attached hydrogens (tertiary/aromatic N) is 5. The number of hydrogen-bond acceptors (Lipinski definition) is 4. The first-order valence-electron chi connectivity index (χ1n) is 8.06. The molecule has 0 saturated carbocycles. The van der Waals surface area contributed by atoms with Gasteiger partial charge in [0, 0.05) is 6.54 Å². The first kappa shape index (κ1) is 16.6. The van der Waals surface area contributed by atoms with Crippen molar-refractivity contribution in [2.24, 2.45) is 0 Å². The predicted molar refractivity (Wildman–Crippen MR) is 98.9 cm³/mol. The van der Waals surface area contributed by atoms with Crippen molar-refractivity contribution in [2.45, 2.75) is 27.1 Å². The van der Waals surface area contributed by atoms with Crippen LogP contribution in [0.15, 0.2) is 41.7 Å². The van der Waals surface area contributed by atoms with Crippen LogP contribution in [0.5, 0.6) is 0 Å². The van der Waals surface area contributed by atoms with Crippen molar-refractivity contribution in [3.05, 3.63) is 52.0 Å². The van der Waals surface area contributed by atoms with Gasteiger partial charge in [0.2, 0.25) is 10.5 Å². The monoisotopic (exact) mass is 343 g/mol. The minimum atomic E-state index is -0.0759. The molecule has 0 amide bonds. The van der Waals surface area contributed by atoms with Crippen LogP contribution in [0.3, 0.4) is 0 Å². The van der Waals surface area contributed by atoms with Crippen LogP contribution in [0.2, 0.25) is 0 Å². The molecular formula is C17H21N5OS. The number of fused-ring (bicyclic) bond motifs is 3. The van der Waals surface area contributed by atoms with Crippen molar-refractivity contribution in [3.63, 3.8) is 0 Å². The fourth-order valence-electron chi connectivity index (χ4n) is 2.87. The van der Waals surface area contributed by atoms with E-state index in [2.05, 4.69) is 30.4 Å². The number of rotatable bonds is 6. The Morgan fingerprint density at radius 1 is 1.29 bits per heavy atom. The Morgan fingerprint density at radius 2 is 2.00 bits per heavy atom. The molecule has 0 radical (unpaired) electrons. The van der Waals surface area contributed by atoms with Crippen LogP contribution in [-0.4, -0.2) is 36.7 Å². The molecular weight excluding hydrogens is 322 g/mol. The van der Waals surface area contributed by atoms with E-state index in [1.54, 1.807) is 15.3 Å². The quantitative estimate of drug-likeness (QED) is 0.510. The molecule has 0 aliphatic carbocycles. The molecule has 2 heterocycles. The third-order valence-electron chi connectivity index (χ3n) is 4.22. The van der Waals surface area contributed by atoms with E-state index in [0.29, 0.717) is 29.1 Å². The lowest BCUT2D eigenvalue weighted by molar-refractivity contribution is 0.227. The van der Waals surface area contributed by atoms with Gasteiger partial charge in [0.15, 0.2) is 0 Å². The predicted octanol–water partition coefficient (Wildman–Crippen LogP) is 2.67. The van der Waals surface area contributed by atoms with E-state index in [1.165, 1.54) is 0 Å². The van der Waals surface area contributed by atoms with E-state index in [4.69, 9.17) is 12.2 Å². The summed E-state index contributed by atoms with van der Waals surface area (Å²) in [7, 11) is 0. The van der Waals surface area contributed by atoms with Gasteiger partial charge in [0.25, 0.3) is 5.56 Å². The maximum atomic E-state index is 12.8. The lowest BCUT2D eigenvalue weighted by Gasteiger charge is -2.16. The summed E-state index contributed by atoms with van der Waals surface area (Å²) in [5.74, 6) is 0.552. The lowest BCUT2D eigenvalue weighted by atomic mass is 10.2. The first-order valence-corrected chi connectivity index (χ1v) is 8.47. The molecule has 24 heavy (non-hydrogen) atoms. The molecule has 0 unspecified atom stereocenters. The Morgan fingerprint density at radius 3 is 2.67 bits per heavy atom. The zero-order chi connectivity index (χ0) is 17.3. The summed E-state index contributed by atoms with van der Waals surface area (Å²) < 4.78 is 5.86. The van der Waals surface area contributed by atoms with E-state index in [1.807, 2.05) is 28.7 Å². The SMILES string of the molecule is C=CCn1c(=O)c2ccccc2n2c(=S)n(CN(CC)CC)nc12. The Labute approximate surface area is 145 Å². The van der Waals surface area contributed by atoms with Crippen molar-refractivity contribution in [3.8, 4) is 0 Å². The number of hydrogen-bond donors (Lipinski definition) is 0. The highest BCUT2D eigenvalue weighted by Crippen LogP contribution is 2.14. The molecule has 0 bridgehead atoms. The zero-order valence-electron chi connectivity index (χ0n) is 14.0. The second-order valence-electron chi connectivity index (χ2n) is 5.58. The molecule has 3 aromatic rings. The largest absolute Gasteiger partial charge is 0.285 e. The van der Waals surface area contributed by atoms with Gasteiger partial charge >= 0.3 is 0 Å². The van der Waals surface area contributed by atoms with Crippen LogP contribution in [0.1, 0.15) is 13.8 Å². The minimum absolute atomic E-state index is 0.0759. The summed E-state index contributed by atoms with van der Waals surface area (Å²) >= 11 is 5.65. The average Bonchev–Trinajstić information content (AvgIpc) is 2.93. The highest BCUT2D eigenvalue weighted by molar-refractivity contribution is 7.71. The van der Waals surface area contributed by atoms with E-state index >= 15 is 0 Å². The van der Waals surface area contributed by atoms with Gasteiger partial charge in [-0.15, -0.1) is 11.7 Å². The fraction of sp³-hybridized carbons (Fsp3) is 0.353. The Bertz CT molecular complexity index is 1010. The molecule has 3 rings (SSSR count). The van der Waals surface area contributed by atoms with Gasteiger partial charge in [-0.05, 0) is 37.4 Å². The van der Waals surface area contributed by atoms with E-state index in [9.17, 15) is 4.79 Å². The topological polar surface area (TPSA) is 47.5 Å². The average molecular weight is 343 g/mol. The Hall–Kier alpha value is -2.25. The van der Waals surface area contributed by atoms with Gasteiger partial charge in [-0.25, -0.2) is 4.68 Å².